The quantitative estimate of drug-likeness (QED) is 0.728. The summed E-state index contributed by atoms with van der Waals surface area (Å²) in [6.07, 6.45) is 2.38. The zero-order valence-electron chi connectivity index (χ0n) is 10.2. The molecule has 4 heteroatoms. The number of aromatic nitrogens is 3. The van der Waals surface area contributed by atoms with Gasteiger partial charge in [0, 0.05) is 17.1 Å². The maximum absolute atomic E-state index is 6.18. The molecule has 1 heterocycles. The third kappa shape index (κ3) is 2.51. The van der Waals surface area contributed by atoms with Gasteiger partial charge in [0.1, 0.15) is 12.2 Å². The Hall–Kier alpha value is -2.13. The number of hydrogen-bond donors (Lipinski definition) is 0. The first-order valence-corrected chi connectivity index (χ1v) is 6.40. The highest BCUT2D eigenvalue weighted by Gasteiger charge is 2.08. The van der Waals surface area contributed by atoms with Crippen LogP contribution in [0.15, 0.2) is 60.9 Å². The van der Waals surface area contributed by atoms with Gasteiger partial charge in [0.2, 0.25) is 0 Å². The molecule has 0 aliphatic carbocycles. The van der Waals surface area contributed by atoms with Gasteiger partial charge in [0.05, 0.1) is 0 Å². The molecule has 19 heavy (non-hydrogen) atoms. The molecule has 0 unspecified atom stereocenters. The summed E-state index contributed by atoms with van der Waals surface area (Å²) >= 11 is 6.18. The molecule has 0 radical (unpaired) electrons. The van der Waals surface area contributed by atoms with E-state index in [9.17, 15) is 0 Å². The van der Waals surface area contributed by atoms with E-state index in [1.54, 1.807) is 6.33 Å². The van der Waals surface area contributed by atoms with Crippen LogP contribution in [0.2, 0.25) is 5.02 Å². The third-order valence-corrected chi connectivity index (χ3v) is 3.33. The molecule has 0 spiro atoms. The van der Waals surface area contributed by atoms with Gasteiger partial charge >= 0.3 is 0 Å². The first-order chi connectivity index (χ1) is 9.34. The summed E-state index contributed by atoms with van der Waals surface area (Å²) in [5.74, 6) is 0.874. The molecule has 94 valence electrons. The van der Waals surface area contributed by atoms with Crippen molar-refractivity contribution in [2.75, 3.05) is 0 Å². The normalized spacial score (nSPS) is 10.6. The second-order valence-electron chi connectivity index (χ2n) is 4.22. The average Bonchev–Trinajstić information content (AvgIpc) is 2.91. The van der Waals surface area contributed by atoms with Crippen LogP contribution in [0.3, 0.4) is 0 Å². The molecule has 0 N–H and O–H groups in total. The SMILES string of the molecule is Clc1ccccc1Cc1nncn1-c1ccccc1. The van der Waals surface area contributed by atoms with Crippen molar-refractivity contribution in [2.24, 2.45) is 0 Å². The molecule has 2 aromatic carbocycles. The van der Waals surface area contributed by atoms with Crippen molar-refractivity contribution in [3.63, 3.8) is 0 Å². The summed E-state index contributed by atoms with van der Waals surface area (Å²) in [4.78, 5) is 0. The number of para-hydroxylation sites is 1. The minimum atomic E-state index is 0.661. The molecular formula is C15H12ClN3. The summed E-state index contributed by atoms with van der Waals surface area (Å²) in [6.45, 7) is 0. The summed E-state index contributed by atoms with van der Waals surface area (Å²) in [6, 6.07) is 17.8. The lowest BCUT2D eigenvalue weighted by Crippen LogP contribution is -2.01. The van der Waals surface area contributed by atoms with E-state index in [-0.39, 0.29) is 0 Å². The Balaban J connectivity index is 1.96. The molecule has 0 fully saturated rings. The molecule has 3 nitrogen and oxygen atoms in total. The topological polar surface area (TPSA) is 30.7 Å². The summed E-state index contributed by atoms with van der Waals surface area (Å²) in [5.41, 5.74) is 2.10. The lowest BCUT2D eigenvalue weighted by Gasteiger charge is -2.07. The fourth-order valence-electron chi connectivity index (χ4n) is 2.00. The number of benzene rings is 2. The summed E-state index contributed by atoms with van der Waals surface area (Å²) < 4.78 is 1.98. The van der Waals surface area contributed by atoms with E-state index in [0.717, 1.165) is 22.1 Å². The van der Waals surface area contributed by atoms with Crippen LogP contribution in [-0.2, 0) is 6.42 Å². The van der Waals surface area contributed by atoms with Crippen molar-refractivity contribution >= 4 is 11.6 Å². The molecule has 0 aliphatic heterocycles. The smallest absolute Gasteiger partial charge is 0.141 e. The molecule has 3 rings (SSSR count). The van der Waals surface area contributed by atoms with E-state index in [4.69, 9.17) is 11.6 Å². The van der Waals surface area contributed by atoms with Crippen molar-refractivity contribution < 1.29 is 0 Å². The molecule has 0 saturated heterocycles. The lowest BCUT2D eigenvalue weighted by molar-refractivity contribution is 0.906. The molecule has 0 saturated carbocycles. The van der Waals surface area contributed by atoms with Gasteiger partial charge in [-0.25, -0.2) is 0 Å². The molecule has 0 aliphatic rings. The molecule has 1 aromatic heterocycles. The number of rotatable bonds is 3. The van der Waals surface area contributed by atoms with E-state index in [1.807, 2.05) is 59.2 Å². The number of nitrogens with zero attached hydrogens (tertiary/aromatic N) is 3. The Morgan fingerprint density at radius 2 is 1.68 bits per heavy atom. The van der Waals surface area contributed by atoms with Crippen LogP contribution < -0.4 is 0 Å². The van der Waals surface area contributed by atoms with Crippen LogP contribution in [0.1, 0.15) is 11.4 Å². The zero-order chi connectivity index (χ0) is 13.1. The Bertz CT molecular complexity index is 677. The van der Waals surface area contributed by atoms with Crippen LogP contribution in [0.5, 0.6) is 0 Å². The lowest BCUT2D eigenvalue weighted by atomic mass is 10.1. The number of hydrogen-bond acceptors (Lipinski definition) is 2. The van der Waals surface area contributed by atoms with Crippen LogP contribution >= 0.6 is 11.6 Å². The monoisotopic (exact) mass is 269 g/mol. The second kappa shape index (κ2) is 5.24. The highest BCUT2D eigenvalue weighted by Crippen LogP contribution is 2.19. The van der Waals surface area contributed by atoms with E-state index in [1.165, 1.54) is 0 Å². The molecule has 0 amide bonds. The van der Waals surface area contributed by atoms with Crippen LogP contribution in [-0.4, -0.2) is 14.8 Å². The van der Waals surface area contributed by atoms with Crippen molar-refractivity contribution in [2.45, 2.75) is 6.42 Å². The standard InChI is InChI=1S/C15H12ClN3/c16-14-9-5-4-6-12(14)10-15-18-17-11-19(15)13-7-2-1-3-8-13/h1-9,11H,10H2. The van der Waals surface area contributed by atoms with Gasteiger partial charge in [-0.3, -0.25) is 4.57 Å². The highest BCUT2D eigenvalue weighted by molar-refractivity contribution is 6.31. The summed E-state index contributed by atoms with van der Waals surface area (Å²) in [7, 11) is 0. The van der Waals surface area contributed by atoms with Gasteiger partial charge in [-0.05, 0) is 23.8 Å². The van der Waals surface area contributed by atoms with Gasteiger partial charge < -0.3 is 0 Å². The van der Waals surface area contributed by atoms with E-state index in [2.05, 4.69) is 10.2 Å². The van der Waals surface area contributed by atoms with Crippen LogP contribution in [0.25, 0.3) is 5.69 Å². The first kappa shape index (κ1) is 11.9. The van der Waals surface area contributed by atoms with E-state index >= 15 is 0 Å². The predicted octanol–water partition coefficient (Wildman–Crippen LogP) is 3.51. The second-order valence-corrected chi connectivity index (χ2v) is 4.63. The largest absolute Gasteiger partial charge is 0.285 e. The Kier molecular flexibility index (Phi) is 3.29. The Morgan fingerprint density at radius 3 is 2.47 bits per heavy atom. The fraction of sp³-hybridized carbons (Fsp3) is 0.0667. The van der Waals surface area contributed by atoms with Gasteiger partial charge in [-0.1, -0.05) is 48.0 Å². The maximum Gasteiger partial charge on any atom is 0.141 e. The van der Waals surface area contributed by atoms with Gasteiger partial charge in [0.25, 0.3) is 0 Å². The maximum atomic E-state index is 6.18. The molecule has 0 atom stereocenters. The summed E-state index contributed by atoms with van der Waals surface area (Å²) in [5, 5.41) is 8.93. The van der Waals surface area contributed by atoms with Crippen LogP contribution in [0, 0.1) is 0 Å². The van der Waals surface area contributed by atoms with Crippen molar-refractivity contribution in [3.8, 4) is 5.69 Å². The minimum Gasteiger partial charge on any atom is -0.285 e. The zero-order valence-corrected chi connectivity index (χ0v) is 11.0. The highest BCUT2D eigenvalue weighted by atomic mass is 35.5. The Morgan fingerprint density at radius 1 is 0.947 bits per heavy atom. The predicted molar refractivity (Wildman–Crippen MR) is 75.6 cm³/mol. The molecule has 3 aromatic rings. The van der Waals surface area contributed by atoms with Crippen LogP contribution in [0.4, 0.5) is 0 Å². The van der Waals surface area contributed by atoms with E-state index in [0.29, 0.717) is 6.42 Å². The minimum absolute atomic E-state index is 0.661. The third-order valence-electron chi connectivity index (χ3n) is 2.96. The van der Waals surface area contributed by atoms with Crippen molar-refractivity contribution in [3.05, 3.63) is 77.3 Å². The van der Waals surface area contributed by atoms with Gasteiger partial charge in [0.15, 0.2) is 0 Å². The average molecular weight is 270 g/mol. The number of halogens is 1. The molecular weight excluding hydrogens is 258 g/mol. The fourth-order valence-corrected chi connectivity index (χ4v) is 2.20. The van der Waals surface area contributed by atoms with Crippen molar-refractivity contribution in [1.29, 1.82) is 0 Å². The molecule has 0 bridgehead atoms. The van der Waals surface area contributed by atoms with Gasteiger partial charge in [-0.15, -0.1) is 10.2 Å². The van der Waals surface area contributed by atoms with E-state index < -0.39 is 0 Å². The van der Waals surface area contributed by atoms with Crippen molar-refractivity contribution in [1.82, 2.24) is 14.8 Å². The van der Waals surface area contributed by atoms with Gasteiger partial charge in [-0.2, -0.15) is 0 Å². The Labute approximate surface area is 116 Å². The first-order valence-electron chi connectivity index (χ1n) is 6.02.